The lowest BCUT2D eigenvalue weighted by atomic mass is 10.0. The maximum Gasteiger partial charge on any atom is 0.418 e. The van der Waals surface area contributed by atoms with E-state index in [9.17, 15) is 22.8 Å². The second-order valence-electron chi connectivity index (χ2n) is 7.20. The standard InChI is InChI=1S/C22H14BrF3N4O4/c1-11-4-12(6-13(5-11)19-9-27-10-34-19)16-8-17(28-21(32)33)20(31)30(29-16)18-7-14(23)2-3-15(18)22(24,25)26/h2-10,28H,1H3,(H,32,33). The van der Waals surface area contributed by atoms with Gasteiger partial charge in [-0.05, 0) is 55.0 Å². The van der Waals surface area contributed by atoms with E-state index in [2.05, 4.69) is 26.0 Å². The third-order valence-corrected chi connectivity index (χ3v) is 5.23. The SMILES string of the molecule is Cc1cc(-c2cc(NC(=O)O)c(=O)n(-c3cc(Br)ccc3C(F)(F)F)n2)cc(-c2cnco2)c1. The number of aromatic nitrogens is 3. The van der Waals surface area contributed by atoms with Gasteiger partial charge in [0.05, 0.1) is 23.1 Å². The van der Waals surface area contributed by atoms with Gasteiger partial charge in [-0.3, -0.25) is 10.1 Å². The van der Waals surface area contributed by atoms with E-state index in [0.717, 1.165) is 23.8 Å². The summed E-state index contributed by atoms with van der Waals surface area (Å²) in [6, 6.07) is 9.36. The maximum absolute atomic E-state index is 13.7. The fourth-order valence-corrected chi connectivity index (χ4v) is 3.70. The zero-order valence-electron chi connectivity index (χ0n) is 17.2. The topological polar surface area (TPSA) is 110 Å². The Labute approximate surface area is 197 Å². The van der Waals surface area contributed by atoms with Crippen LogP contribution in [0.4, 0.5) is 23.7 Å². The number of benzene rings is 2. The number of hydrogen-bond donors (Lipinski definition) is 2. The third kappa shape index (κ3) is 4.71. The first-order chi connectivity index (χ1) is 16.0. The average Bonchev–Trinajstić information content (AvgIpc) is 3.28. The Morgan fingerprint density at radius 3 is 2.53 bits per heavy atom. The van der Waals surface area contributed by atoms with Gasteiger partial charge in [-0.2, -0.15) is 23.0 Å². The number of amides is 1. The molecule has 0 spiro atoms. The van der Waals surface area contributed by atoms with E-state index < -0.39 is 34.8 Å². The van der Waals surface area contributed by atoms with Crippen molar-refractivity contribution in [2.45, 2.75) is 13.1 Å². The molecule has 2 aromatic carbocycles. The summed E-state index contributed by atoms with van der Waals surface area (Å²) < 4.78 is 47.2. The van der Waals surface area contributed by atoms with Gasteiger partial charge in [-0.25, -0.2) is 9.78 Å². The number of halogens is 4. The number of aryl methyl sites for hydroxylation is 1. The van der Waals surface area contributed by atoms with Gasteiger partial charge in [0.25, 0.3) is 5.56 Å². The van der Waals surface area contributed by atoms with Gasteiger partial charge in [-0.15, -0.1) is 0 Å². The van der Waals surface area contributed by atoms with E-state index in [0.29, 0.717) is 21.6 Å². The predicted octanol–water partition coefficient (Wildman–Crippen LogP) is 5.73. The van der Waals surface area contributed by atoms with Crippen molar-refractivity contribution in [1.82, 2.24) is 14.8 Å². The fraction of sp³-hybridized carbons (Fsp3) is 0.0909. The highest BCUT2D eigenvalue weighted by atomic mass is 79.9. The lowest BCUT2D eigenvalue weighted by Crippen LogP contribution is -2.28. The lowest BCUT2D eigenvalue weighted by Gasteiger charge is -2.16. The van der Waals surface area contributed by atoms with Gasteiger partial charge < -0.3 is 9.52 Å². The lowest BCUT2D eigenvalue weighted by molar-refractivity contribution is -0.137. The number of rotatable bonds is 4. The molecule has 0 aliphatic carbocycles. The Balaban J connectivity index is 2.00. The van der Waals surface area contributed by atoms with Crippen molar-refractivity contribution >= 4 is 27.7 Å². The zero-order chi connectivity index (χ0) is 24.6. The molecule has 8 nitrogen and oxygen atoms in total. The molecule has 0 unspecified atom stereocenters. The minimum absolute atomic E-state index is 0.0564. The van der Waals surface area contributed by atoms with Crippen LogP contribution in [0.1, 0.15) is 11.1 Å². The number of carbonyl (C=O) groups is 1. The average molecular weight is 535 g/mol. The highest BCUT2D eigenvalue weighted by Crippen LogP contribution is 2.35. The van der Waals surface area contributed by atoms with Crippen LogP contribution < -0.4 is 10.9 Å². The monoisotopic (exact) mass is 534 g/mol. The Morgan fingerprint density at radius 1 is 1.15 bits per heavy atom. The van der Waals surface area contributed by atoms with Crippen molar-refractivity contribution in [2.24, 2.45) is 0 Å². The normalized spacial score (nSPS) is 11.4. The van der Waals surface area contributed by atoms with E-state index in [1.165, 1.54) is 18.7 Å². The Hall–Kier alpha value is -3.93. The van der Waals surface area contributed by atoms with Gasteiger partial charge >= 0.3 is 12.3 Å². The molecule has 2 heterocycles. The molecule has 4 aromatic rings. The number of anilines is 1. The Kier molecular flexibility index (Phi) is 6.00. The molecule has 2 aromatic heterocycles. The molecule has 0 aliphatic rings. The van der Waals surface area contributed by atoms with Crippen molar-refractivity contribution in [3.05, 3.63) is 81.0 Å². The highest BCUT2D eigenvalue weighted by Gasteiger charge is 2.35. The molecule has 0 bridgehead atoms. The summed E-state index contributed by atoms with van der Waals surface area (Å²) in [5.41, 5.74) is -1.38. The molecule has 0 radical (unpaired) electrons. The summed E-state index contributed by atoms with van der Waals surface area (Å²) in [7, 11) is 0. The van der Waals surface area contributed by atoms with Crippen molar-refractivity contribution in [2.75, 3.05) is 5.32 Å². The minimum Gasteiger partial charge on any atom is -0.465 e. The Bertz CT molecular complexity index is 1450. The van der Waals surface area contributed by atoms with Crippen LogP contribution in [0.3, 0.4) is 0 Å². The van der Waals surface area contributed by atoms with Crippen LogP contribution in [0, 0.1) is 6.92 Å². The smallest absolute Gasteiger partial charge is 0.418 e. The number of nitrogens with zero attached hydrogens (tertiary/aromatic N) is 3. The molecule has 0 saturated carbocycles. The molecular weight excluding hydrogens is 521 g/mol. The molecule has 174 valence electrons. The first-order valence-corrected chi connectivity index (χ1v) is 10.3. The zero-order valence-corrected chi connectivity index (χ0v) is 18.8. The second-order valence-corrected chi connectivity index (χ2v) is 8.12. The highest BCUT2D eigenvalue weighted by molar-refractivity contribution is 9.10. The first kappa shape index (κ1) is 23.2. The number of hydrogen-bond acceptors (Lipinski definition) is 5. The molecular formula is C22H14BrF3N4O4. The summed E-state index contributed by atoms with van der Waals surface area (Å²) in [4.78, 5) is 28.1. The molecule has 0 aliphatic heterocycles. The van der Waals surface area contributed by atoms with Crippen molar-refractivity contribution in [3.8, 4) is 28.3 Å². The fourth-order valence-electron chi connectivity index (χ4n) is 3.35. The van der Waals surface area contributed by atoms with Gasteiger partial charge in [-0.1, -0.05) is 15.9 Å². The van der Waals surface area contributed by atoms with E-state index in [1.807, 2.05) is 5.32 Å². The van der Waals surface area contributed by atoms with Gasteiger partial charge in [0.1, 0.15) is 5.69 Å². The quantitative estimate of drug-likeness (QED) is 0.345. The van der Waals surface area contributed by atoms with Crippen molar-refractivity contribution in [3.63, 3.8) is 0 Å². The molecule has 1 amide bonds. The van der Waals surface area contributed by atoms with Gasteiger partial charge in [0.2, 0.25) is 0 Å². The number of oxazole rings is 1. The molecule has 0 saturated heterocycles. The van der Waals surface area contributed by atoms with Crippen LogP contribution >= 0.6 is 15.9 Å². The number of nitrogens with one attached hydrogen (secondary N) is 1. The minimum atomic E-state index is -4.80. The Morgan fingerprint density at radius 2 is 1.88 bits per heavy atom. The summed E-state index contributed by atoms with van der Waals surface area (Å²) >= 11 is 3.11. The second kappa shape index (κ2) is 8.78. The van der Waals surface area contributed by atoms with E-state index in [4.69, 9.17) is 9.52 Å². The van der Waals surface area contributed by atoms with Crippen molar-refractivity contribution < 1.29 is 27.5 Å². The van der Waals surface area contributed by atoms with Crippen LogP contribution in [-0.4, -0.2) is 26.0 Å². The largest absolute Gasteiger partial charge is 0.465 e. The van der Waals surface area contributed by atoms with Crippen LogP contribution in [0.2, 0.25) is 0 Å². The molecule has 34 heavy (non-hydrogen) atoms. The van der Waals surface area contributed by atoms with Gasteiger partial charge in [0.15, 0.2) is 12.2 Å². The molecule has 0 fully saturated rings. The molecule has 2 N–H and O–H groups in total. The van der Waals surface area contributed by atoms with Crippen molar-refractivity contribution in [1.29, 1.82) is 0 Å². The molecule has 4 rings (SSSR count). The van der Waals surface area contributed by atoms with Crippen LogP contribution in [-0.2, 0) is 6.18 Å². The maximum atomic E-state index is 13.7. The number of carboxylic acid groups (broad SMARTS) is 1. The molecule has 12 heteroatoms. The summed E-state index contributed by atoms with van der Waals surface area (Å²) in [6.07, 6.45) is -3.62. The van der Waals surface area contributed by atoms with Crippen LogP contribution in [0.25, 0.3) is 28.3 Å². The molecule has 0 atom stereocenters. The summed E-state index contributed by atoms with van der Waals surface area (Å²) in [5.74, 6) is 0.438. The first-order valence-electron chi connectivity index (χ1n) is 9.55. The van der Waals surface area contributed by atoms with Crippen LogP contribution in [0.5, 0.6) is 0 Å². The van der Waals surface area contributed by atoms with E-state index in [1.54, 1.807) is 25.1 Å². The number of alkyl halides is 3. The summed E-state index contributed by atoms with van der Waals surface area (Å²) in [6.45, 7) is 1.78. The van der Waals surface area contributed by atoms with E-state index >= 15 is 0 Å². The van der Waals surface area contributed by atoms with Gasteiger partial charge in [0, 0.05) is 15.6 Å². The summed E-state index contributed by atoms with van der Waals surface area (Å²) in [5, 5.41) is 15.3. The predicted molar refractivity (Wildman–Crippen MR) is 120 cm³/mol. The third-order valence-electron chi connectivity index (χ3n) is 4.74. The van der Waals surface area contributed by atoms with E-state index in [-0.39, 0.29) is 10.2 Å². The van der Waals surface area contributed by atoms with Crippen LogP contribution in [0.15, 0.2) is 68.7 Å².